The monoisotopic (exact) mass is 359 g/mol. The van der Waals surface area contributed by atoms with Crippen LogP contribution in [-0.4, -0.2) is 36.3 Å². The van der Waals surface area contributed by atoms with Gasteiger partial charge in [0.25, 0.3) is 0 Å². The zero-order valence-electron chi connectivity index (χ0n) is 14.7. The maximum Gasteiger partial charge on any atom is 0.416 e. The van der Waals surface area contributed by atoms with Gasteiger partial charge in [0.15, 0.2) is 0 Å². The van der Waals surface area contributed by atoms with Crippen LogP contribution in [0, 0.1) is 5.92 Å². The first-order valence-corrected chi connectivity index (χ1v) is 8.32. The van der Waals surface area contributed by atoms with Crippen LogP contribution in [-0.2, 0) is 10.9 Å². The molecule has 1 aliphatic rings. The summed E-state index contributed by atoms with van der Waals surface area (Å²) in [6.45, 7) is 6.79. The van der Waals surface area contributed by atoms with Crippen LogP contribution in [0.15, 0.2) is 24.3 Å². The Kier molecular flexibility index (Phi) is 5.85. The lowest BCUT2D eigenvalue weighted by Gasteiger charge is -2.34. The van der Waals surface area contributed by atoms with Crippen LogP contribution in [0.2, 0.25) is 0 Å². The zero-order chi connectivity index (χ0) is 18.7. The summed E-state index contributed by atoms with van der Waals surface area (Å²) in [5.74, 6) is 0.250. The summed E-state index contributed by atoms with van der Waals surface area (Å²) in [7, 11) is 0. The molecule has 2 rings (SSSR count). The number of piperidine rings is 1. The van der Waals surface area contributed by atoms with E-state index in [1.54, 1.807) is 4.90 Å². The van der Waals surface area contributed by atoms with Gasteiger partial charge in [0.1, 0.15) is 11.4 Å². The molecule has 1 saturated heterocycles. The molecule has 1 aromatic carbocycles. The molecule has 0 unspecified atom stereocenters. The minimum absolute atomic E-state index is 0.0656. The SMILES string of the molecule is CC(C)(C)OC(=O)N1CCC[C@@H](COc2cccc(C(F)(F)F)c2)C1. The minimum Gasteiger partial charge on any atom is -0.493 e. The van der Waals surface area contributed by atoms with Crippen molar-refractivity contribution in [1.82, 2.24) is 4.90 Å². The van der Waals surface area contributed by atoms with E-state index in [9.17, 15) is 18.0 Å². The van der Waals surface area contributed by atoms with Gasteiger partial charge in [-0.05, 0) is 51.8 Å². The van der Waals surface area contributed by atoms with Crippen molar-refractivity contribution in [3.05, 3.63) is 29.8 Å². The van der Waals surface area contributed by atoms with Gasteiger partial charge in [-0.15, -0.1) is 0 Å². The number of rotatable bonds is 3. The Morgan fingerprint density at radius 2 is 2.00 bits per heavy atom. The number of likely N-dealkylation sites (tertiary alicyclic amines) is 1. The van der Waals surface area contributed by atoms with Gasteiger partial charge in [-0.3, -0.25) is 0 Å². The lowest BCUT2D eigenvalue weighted by molar-refractivity contribution is -0.137. The van der Waals surface area contributed by atoms with Gasteiger partial charge in [0.05, 0.1) is 12.2 Å². The highest BCUT2D eigenvalue weighted by Gasteiger charge is 2.31. The highest BCUT2D eigenvalue weighted by Crippen LogP contribution is 2.31. The molecule has 0 N–H and O–H groups in total. The first kappa shape index (κ1) is 19.4. The smallest absolute Gasteiger partial charge is 0.416 e. The average Bonchev–Trinajstić information content (AvgIpc) is 2.51. The van der Waals surface area contributed by atoms with E-state index in [1.807, 2.05) is 20.8 Å². The van der Waals surface area contributed by atoms with E-state index >= 15 is 0 Å². The average molecular weight is 359 g/mol. The van der Waals surface area contributed by atoms with Crippen molar-refractivity contribution in [2.45, 2.75) is 45.4 Å². The van der Waals surface area contributed by atoms with Crippen LogP contribution in [0.3, 0.4) is 0 Å². The predicted molar refractivity (Wildman–Crippen MR) is 87.5 cm³/mol. The quantitative estimate of drug-likeness (QED) is 0.783. The second-order valence-corrected chi connectivity index (χ2v) is 7.27. The van der Waals surface area contributed by atoms with Crippen molar-refractivity contribution in [3.63, 3.8) is 0 Å². The first-order chi connectivity index (χ1) is 11.5. The van der Waals surface area contributed by atoms with Gasteiger partial charge in [0, 0.05) is 19.0 Å². The highest BCUT2D eigenvalue weighted by molar-refractivity contribution is 5.68. The number of ether oxygens (including phenoxy) is 2. The summed E-state index contributed by atoms with van der Waals surface area (Å²) < 4.78 is 49.1. The fourth-order valence-electron chi connectivity index (χ4n) is 2.67. The van der Waals surface area contributed by atoms with Crippen LogP contribution in [0.5, 0.6) is 5.75 Å². The second-order valence-electron chi connectivity index (χ2n) is 7.27. The molecule has 4 nitrogen and oxygen atoms in total. The molecule has 1 aromatic rings. The fourth-order valence-corrected chi connectivity index (χ4v) is 2.67. The number of hydrogen-bond donors (Lipinski definition) is 0. The molecule has 1 atom stereocenters. The van der Waals surface area contributed by atoms with E-state index in [1.165, 1.54) is 12.1 Å². The summed E-state index contributed by atoms with van der Waals surface area (Å²) in [4.78, 5) is 13.8. The molecule has 0 aromatic heterocycles. The van der Waals surface area contributed by atoms with Crippen LogP contribution >= 0.6 is 0 Å². The lowest BCUT2D eigenvalue weighted by atomic mass is 9.99. The second kappa shape index (κ2) is 7.54. The van der Waals surface area contributed by atoms with Gasteiger partial charge in [-0.2, -0.15) is 13.2 Å². The van der Waals surface area contributed by atoms with Gasteiger partial charge < -0.3 is 14.4 Å². The molecule has 0 spiro atoms. The van der Waals surface area contributed by atoms with E-state index in [0.29, 0.717) is 13.1 Å². The van der Waals surface area contributed by atoms with Crippen molar-refractivity contribution in [2.75, 3.05) is 19.7 Å². The maximum absolute atomic E-state index is 12.7. The molecule has 0 saturated carbocycles. The van der Waals surface area contributed by atoms with Crippen molar-refractivity contribution in [1.29, 1.82) is 0 Å². The largest absolute Gasteiger partial charge is 0.493 e. The maximum atomic E-state index is 12.7. The number of carbonyl (C=O) groups is 1. The normalized spacial score (nSPS) is 18.8. The Bertz CT molecular complexity index is 596. The van der Waals surface area contributed by atoms with Crippen molar-refractivity contribution in [2.24, 2.45) is 5.92 Å². The number of hydrogen-bond acceptors (Lipinski definition) is 3. The molecule has 0 aliphatic carbocycles. The number of nitrogens with zero attached hydrogens (tertiary/aromatic N) is 1. The molecule has 0 radical (unpaired) electrons. The number of benzene rings is 1. The molecule has 25 heavy (non-hydrogen) atoms. The number of alkyl halides is 3. The lowest BCUT2D eigenvalue weighted by Crippen LogP contribution is -2.44. The number of carbonyl (C=O) groups excluding carboxylic acids is 1. The molecule has 1 aliphatic heterocycles. The molecule has 1 amide bonds. The number of halogens is 3. The summed E-state index contributed by atoms with van der Waals surface area (Å²) in [6.07, 6.45) is -3.08. The van der Waals surface area contributed by atoms with E-state index in [0.717, 1.165) is 25.0 Å². The zero-order valence-corrected chi connectivity index (χ0v) is 14.7. The van der Waals surface area contributed by atoms with Crippen LogP contribution in [0.1, 0.15) is 39.2 Å². The standard InChI is InChI=1S/C18H24F3NO3/c1-17(2,3)25-16(23)22-9-5-6-13(11-22)12-24-15-8-4-7-14(10-15)18(19,20)21/h4,7-8,10,13H,5-6,9,11-12H2,1-3H3/t13-/m1/s1. The van der Waals surface area contributed by atoms with Crippen molar-refractivity contribution in [3.8, 4) is 5.75 Å². The number of amides is 1. The van der Waals surface area contributed by atoms with Crippen LogP contribution < -0.4 is 4.74 Å². The van der Waals surface area contributed by atoms with E-state index in [-0.39, 0.29) is 24.4 Å². The van der Waals surface area contributed by atoms with E-state index in [2.05, 4.69) is 0 Å². The molecular formula is C18H24F3NO3. The summed E-state index contributed by atoms with van der Waals surface area (Å²) in [5.41, 5.74) is -1.29. The van der Waals surface area contributed by atoms with Crippen LogP contribution in [0.25, 0.3) is 0 Å². The minimum atomic E-state index is -4.39. The molecule has 1 fully saturated rings. The van der Waals surface area contributed by atoms with Gasteiger partial charge >= 0.3 is 12.3 Å². The highest BCUT2D eigenvalue weighted by atomic mass is 19.4. The molecule has 1 heterocycles. The van der Waals surface area contributed by atoms with Gasteiger partial charge in [-0.1, -0.05) is 6.07 Å². The molecule has 7 heteroatoms. The van der Waals surface area contributed by atoms with Crippen LogP contribution in [0.4, 0.5) is 18.0 Å². The molecular weight excluding hydrogens is 335 g/mol. The van der Waals surface area contributed by atoms with E-state index < -0.39 is 17.3 Å². The third-order valence-electron chi connectivity index (χ3n) is 3.82. The van der Waals surface area contributed by atoms with Crippen molar-refractivity contribution < 1.29 is 27.4 Å². The predicted octanol–water partition coefficient (Wildman–Crippen LogP) is 4.73. The summed E-state index contributed by atoms with van der Waals surface area (Å²) in [6, 6.07) is 4.84. The molecule has 140 valence electrons. The first-order valence-electron chi connectivity index (χ1n) is 8.32. The third kappa shape index (κ3) is 6.14. The van der Waals surface area contributed by atoms with Gasteiger partial charge in [0.2, 0.25) is 0 Å². The topological polar surface area (TPSA) is 38.8 Å². The van der Waals surface area contributed by atoms with E-state index in [4.69, 9.17) is 9.47 Å². The Balaban J connectivity index is 1.90. The summed E-state index contributed by atoms with van der Waals surface area (Å²) >= 11 is 0. The Labute approximate surface area is 145 Å². The van der Waals surface area contributed by atoms with Gasteiger partial charge in [-0.25, -0.2) is 4.79 Å². The fraction of sp³-hybridized carbons (Fsp3) is 0.611. The summed E-state index contributed by atoms with van der Waals surface area (Å²) in [5, 5.41) is 0. The molecule has 0 bridgehead atoms. The Morgan fingerprint density at radius 1 is 1.28 bits per heavy atom. The Hall–Kier alpha value is -1.92. The Morgan fingerprint density at radius 3 is 2.64 bits per heavy atom. The third-order valence-corrected chi connectivity index (χ3v) is 3.82. The van der Waals surface area contributed by atoms with Crippen molar-refractivity contribution >= 4 is 6.09 Å².